The van der Waals surface area contributed by atoms with Gasteiger partial charge in [0.25, 0.3) is 10.0 Å². The molecule has 4 rings (SSSR count). The van der Waals surface area contributed by atoms with Gasteiger partial charge in [-0.3, -0.25) is 4.72 Å². The number of para-hydroxylation sites is 1. The second-order valence-corrected chi connectivity index (χ2v) is 8.39. The summed E-state index contributed by atoms with van der Waals surface area (Å²) < 4.78 is 30.3. The van der Waals surface area contributed by atoms with Crippen LogP contribution in [0.15, 0.2) is 71.6 Å². The molecule has 0 aliphatic rings. The number of aromatic nitrogens is 2. The molecule has 0 radical (unpaired) electrons. The summed E-state index contributed by atoms with van der Waals surface area (Å²) in [6.45, 7) is 1.91. The van der Waals surface area contributed by atoms with E-state index in [2.05, 4.69) is 9.71 Å². The molecule has 0 bridgehead atoms. The zero-order chi connectivity index (χ0) is 19.9. The predicted molar refractivity (Wildman–Crippen MR) is 113 cm³/mol. The number of nitrogens with zero attached hydrogens (tertiary/aromatic N) is 2. The lowest BCUT2D eigenvalue weighted by Crippen LogP contribution is -2.14. The summed E-state index contributed by atoms with van der Waals surface area (Å²) >= 11 is 0. The molecule has 28 heavy (non-hydrogen) atoms. The van der Waals surface area contributed by atoms with Crippen LogP contribution in [-0.4, -0.2) is 18.0 Å². The Morgan fingerprint density at radius 1 is 1.00 bits per heavy atom. The van der Waals surface area contributed by atoms with Crippen LogP contribution in [0.3, 0.4) is 0 Å². The van der Waals surface area contributed by atoms with E-state index in [0.717, 1.165) is 16.6 Å². The molecule has 1 heterocycles. The van der Waals surface area contributed by atoms with Crippen LogP contribution in [-0.2, 0) is 17.1 Å². The maximum Gasteiger partial charge on any atom is 0.261 e. The monoisotopic (exact) mass is 392 g/mol. The molecular weight excluding hydrogens is 372 g/mol. The number of benzene rings is 3. The predicted octanol–water partition coefficient (Wildman–Crippen LogP) is 3.93. The lowest BCUT2D eigenvalue weighted by atomic mass is 10.2. The number of anilines is 2. The van der Waals surface area contributed by atoms with Crippen molar-refractivity contribution in [1.29, 1.82) is 0 Å². The van der Waals surface area contributed by atoms with Crippen LogP contribution >= 0.6 is 0 Å². The second-order valence-electron chi connectivity index (χ2n) is 6.71. The summed E-state index contributed by atoms with van der Waals surface area (Å²) in [5, 5.41) is 0. The van der Waals surface area contributed by atoms with E-state index in [4.69, 9.17) is 5.73 Å². The van der Waals surface area contributed by atoms with Crippen molar-refractivity contribution in [3.63, 3.8) is 0 Å². The third kappa shape index (κ3) is 3.20. The van der Waals surface area contributed by atoms with Gasteiger partial charge in [-0.05, 0) is 49.4 Å². The third-order valence-corrected chi connectivity index (χ3v) is 6.03. The number of sulfonamides is 1. The number of nitrogen functional groups attached to an aromatic ring is 1. The van der Waals surface area contributed by atoms with E-state index in [1.807, 2.05) is 42.8 Å². The van der Waals surface area contributed by atoms with Crippen LogP contribution in [0.1, 0.15) is 5.56 Å². The smallest absolute Gasteiger partial charge is 0.261 e. The van der Waals surface area contributed by atoms with Crippen molar-refractivity contribution in [3.05, 3.63) is 72.3 Å². The van der Waals surface area contributed by atoms with Gasteiger partial charge in [-0.25, -0.2) is 13.4 Å². The Kier molecular flexibility index (Phi) is 4.31. The highest BCUT2D eigenvalue weighted by molar-refractivity contribution is 7.92. The number of hydrogen-bond donors (Lipinski definition) is 2. The maximum atomic E-state index is 12.8. The first-order valence-electron chi connectivity index (χ1n) is 8.76. The summed E-state index contributed by atoms with van der Waals surface area (Å²) in [6.07, 6.45) is 0. The molecule has 0 saturated carbocycles. The van der Waals surface area contributed by atoms with Gasteiger partial charge < -0.3 is 10.3 Å². The lowest BCUT2D eigenvalue weighted by molar-refractivity contribution is 0.601. The minimum Gasteiger partial charge on any atom is -0.399 e. The number of imidazole rings is 1. The van der Waals surface area contributed by atoms with Crippen molar-refractivity contribution >= 4 is 32.4 Å². The molecule has 0 fully saturated rings. The highest BCUT2D eigenvalue weighted by atomic mass is 32.2. The van der Waals surface area contributed by atoms with Gasteiger partial charge in [0, 0.05) is 18.3 Å². The van der Waals surface area contributed by atoms with Gasteiger partial charge in [-0.1, -0.05) is 29.8 Å². The van der Waals surface area contributed by atoms with Gasteiger partial charge in [0.1, 0.15) is 5.82 Å². The third-order valence-electron chi connectivity index (χ3n) is 4.65. The van der Waals surface area contributed by atoms with Crippen molar-refractivity contribution in [1.82, 2.24) is 9.55 Å². The quantitative estimate of drug-likeness (QED) is 0.515. The fourth-order valence-electron chi connectivity index (χ4n) is 3.15. The normalized spacial score (nSPS) is 11.6. The Balaban J connectivity index is 1.80. The molecule has 3 N–H and O–H groups in total. The van der Waals surface area contributed by atoms with E-state index >= 15 is 0 Å². The minimum atomic E-state index is -3.72. The molecule has 0 saturated heterocycles. The van der Waals surface area contributed by atoms with Crippen LogP contribution in [0.4, 0.5) is 11.4 Å². The minimum absolute atomic E-state index is 0.214. The van der Waals surface area contributed by atoms with E-state index in [1.165, 1.54) is 0 Å². The number of nitrogens with one attached hydrogen (secondary N) is 1. The number of aryl methyl sites for hydroxylation is 2. The van der Waals surface area contributed by atoms with Crippen LogP contribution in [0.2, 0.25) is 0 Å². The molecule has 0 unspecified atom stereocenters. The van der Waals surface area contributed by atoms with Crippen LogP contribution in [0, 0.1) is 6.92 Å². The van der Waals surface area contributed by atoms with Crippen molar-refractivity contribution in [3.8, 4) is 11.4 Å². The summed E-state index contributed by atoms with van der Waals surface area (Å²) in [4.78, 5) is 4.88. The Labute approximate surface area is 163 Å². The first-order chi connectivity index (χ1) is 13.3. The molecule has 0 aliphatic carbocycles. The Morgan fingerprint density at radius 2 is 1.71 bits per heavy atom. The molecular formula is C21H20N4O2S. The molecule has 7 heteroatoms. The number of fused-ring (bicyclic) bond motifs is 1. The van der Waals surface area contributed by atoms with Crippen molar-refractivity contribution < 1.29 is 8.42 Å². The number of hydrogen-bond acceptors (Lipinski definition) is 4. The van der Waals surface area contributed by atoms with E-state index in [-0.39, 0.29) is 4.90 Å². The van der Waals surface area contributed by atoms with Crippen molar-refractivity contribution in [2.24, 2.45) is 7.05 Å². The summed E-state index contributed by atoms with van der Waals surface area (Å²) in [5.41, 5.74) is 10.3. The Morgan fingerprint density at radius 3 is 2.46 bits per heavy atom. The van der Waals surface area contributed by atoms with Crippen LogP contribution < -0.4 is 10.5 Å². The van der Waals surface area contributed by atoms with Crippen molar-refractivity contribution in [2.75, 3.05) is 10.5 Å². The molecule has 3 aromatic carbocycles. The SMILES string of the molecule is Cc1ccc(S(=O)(=O)Nc2ccccc2-c2nc3cc(N)ccc3n2C)cc1. The van der Waals surface area contributed by atoms with Gasteiger partial charge in [-0.15, -0.1) is 0 Å². The Hall–Kier alpha value is -3.32. The number of nitrogens with two attached hydrogens (primary N) is 1. The average Bonchev–Trinajstić information content (AvgIpc) is 2.98. The highest BCUT2D eigenvalue weighted by Crippen LogP contribution is 2.31. The van der Waals surface area contributed by atoms with Crippen LogP contribution in [0.5, 0.6) is 0 Å². The second kappa shape index (κ2) is 6.69. The van der Waals surface area contributed by atoms with Crippen molar-refractivity contribution in [2.45, 2.75) is 11.8 Å². The van der Waals surface area contributed by atoms with Gasteiger partial charge in [0.05, 0.1) is 21.6 Å². The standard InChI is InChI=1S/C21H20N4O2S/c1-14-7-10-16(11-8-14)28(26,27)24-18-6-4-3-5-17(18)21-23-19-13-15(22)9-12-20(19)25(21)2/h3-13,24H,22H2,1-2H3. The van der Waals surface area contributed by atoms with Gasteiger partial charge in [0.2, 0.25) is 0 Å². The van der Waals surface area contributed by atoms with E-state index < -0.39 is 10.0 Å². The molecule has 0 aliphatic heterocycles. The summed E-state index contributed by atoms with van der Waals surface area (Å²) in [7, 11) is -1.82. The molecule has 0 atom stereocenters. The zero-order valence-corrected chi connectivity index (χ0v) is 16.4. The first-order valence-corrected chi connectivity index (χ1v) is 10.2. The molecule has 4 aromatic rings. The molecule has 1 aromatic heterocycles. The average molecular weight is 392 g/mol. The topological polar surface area (TPSA) is 90.0 Å². The highest BCUT2D eigenvalue weighted by Gasteiger charge is 2.19. The fourth-order valence-corrected chi connectivity index (χ4v) is 4.23. The van der Waals surface area contributed by atoms with Crippen LogP contribution in [0.25, 0.3) is 22.4 Å². The number of rotatable bonds is 4. The zero-order valence-electron chi connectivity index (χ0n) is 15.5. The molecule has 0 amide bonds. The van der Waals surface area contributed by atoms with Gasteiger partial charge in [-0.2, -0.15) is 0 Å². The van der Waals surface area contributed by atoms with E-state index in [9.17, 15) is 8.42 Å². The lowest BCUT2D eigenvalue weighted by Gasteiger charge is -2.13. The van der Waals surface area contributed by atoms with Gasteiger partial charge in [0.15, 0.2) is 0 Å². The van der Waals surface area contributed by atoms with Gasteiger partial charge >= 0.3 is 0 Å². The summed E-state index contributed by atoms with van der Waals surface area (Å²) in [5.74, 6) is 0.655. The molecule has 6 nitrogen and oxygen atoms in total. The van der Waals surface area contributed by atoms with E-state index in [0.29, 0.717) is 22.8 Å². The maximum absolute atomic E-state index is 12.8. The Bertz CT molecular complexity index is 1280. The largest absolute Gasteiger partial charge is 0.399 e. The molecule has 0 spiro atoms. The first kappa shape index (κ1) is 18.1. The summed E-state index contributed by atoms with van der Waals surface area (Å²) in [6, 6.07) is 19.5. The molecule has 142 valence electrons. The fraction of sp³-hybridized carbons (Fsp3) is 0.0952. The van der Waals surface area contributed by atoms with E-state index in [1.54, 1.807) is 42.5 Å².